The summed E-state index contributed by atoms with van der Waals surface area (Å²) in [6.07, 6.45) is 37.4. The second-order valence-corrected chi connectivity index (χ2v) is 34.3. The number of terminal acetylenes is 1. The van der Waals surface area contributed by atoms with E-state index in [0.717, 1.165) is 147 Å². The van der Waals surface area contributed by atoms with E-state index in [9.17, 15) is 55.6 Å². The molecule has 556 valence electrons. The van der Waals surface area contributed by atoms with Gasteiger partial charge in [0.25, 0.3) is 0 Å². The lowest BCUT2D eigenvalue weighted by molar-refractivity contribution is -0.139. The Hall–Kier alpha value is -9.27. The number of hydrogen-bond acceptors (Lipinski definition) is 18. The third-order valence-corrected chi connectivity index (χ3v) is 26.9. The molecule has 0 radical (unpaired) electrons. The normalized spacial score (nSPS) is 26.4. The molecule has 21 rings (SSSR count). The van der Waals surface area contributed by atoms with Crippen LogP contribution >= 0.6 is 0 Å². The quantitative estimate of drug-likeness (QED) is 0.0442. The van der Waals surface area contributed by atoms with Crippen molar-refractivity contribution < 1.29 is 74.2 Å². The molecule has 1 amide bonds. The van der Waals surface area contributed by atoms with Crippen LogP contribution in [0.25, 0.3) is 51.6 Å². The predicted molar refractivity (Wildman–Crippen MR) is 409 cm³/mol. The SMILES string of the molecule is C#CCC(=O)N1CCC(C)C(C2=CB(O)Oc3cnc4[nH]ccc4c32)C1.O=S(=O)(NC1CC(C2=CB(O)Oc3cnc4c(c32)C=CC4)C1)c1ccc(F)cc1.O=S(=O)(NC1CC(C2=CB(O)Oc3cnc4c(c32)C=CC4)C1)c1ccc(F)cc1.OB1C=C(C2C3CC4CC2CC(O)(C4)C3)c2c(cnc3c2C=CC3)O1. The maximum Gasteiger partial charge on any atom is 0.552 e. The third kappa shape index (κ3) is 14.1. The molecule has 2 aromatic carbocycles. The van der Waals surface area contributed by atoms with Gasteiger partial charge in [0.15, 0.2) is 0 Å². The van der Waals surface area contributed by atoms with Crippen molar-refractivity contribution in [3.05, 3.63) is 195 Å². The van der Waals surface area contributed by atoms with E-state index in [2.05, 4.69) is 59.4 Å². The number of aliphatic hydroxyl groups is 1. The van der Waals surface area contributed by atoms with Crippen molar-refractivity contribution in [3.8, 4) is 35.3 Å². The molecule has 14 aliphatic rings. The highest BCUT2D eigenvalue weighted by molar-refractivity contribution is 7.89. The number of benzene rings is 2. The third-order valence-electron chi connectivity index (χ3n) is 23.9. The fourth-order valence-electron chi connectivity index (χ4n) is 19.1. The maximum atomic E-state index is 13.1. The fourth-order valence-corrected chi connectivity index (χ4v) is 21.6. The number of nitrogens with one attached hydrogen (secondary N) is 3. The van der Waals surface area contributed by atoms with E-state index in [1.807, 2.05) is 47.4 Å². The van der Waals surface area contributed by atoms with Gasteiger partial charge in [-0.05, 0) is 206 Å². The number of nitrogens with zero attached hydrogens (tertiary/aromatic N) is 5. The van der Waals surface area contributed by atoms with Crippen LogP contribution in [0.1, 0.15) is 134 Å². The Labute approximate surface area is 631 Å². The van der Waals surface area contributed by atoms with Crippen LogP contribution in [0.2, 0.25) is 0 Å². The topological polar surface area (TPSA) is 318 Å². The highest BCUT2D eigenvalue weighted by Crippen LogP contribution is 2.63. The van der Waals surface area contributed by atoms with Crippen molar-refractivity contribution in [2.45, 2.75) is 124 Å². The summed E-state index contributed by atoms with van der Waals surface area (Å²) in [7, 11) is -11.4. The largest absolute Gasteiger partial charge is 0.552 e. The van der Waals surface area contributed by atoms with Crippen LogP contribution in [0.15, 0.2) is 138 Å². The zero-order valence-electron chi connectivity index (χ0n) is 59.5. The Morgan fingerprint density at radius 2 is 1.04 bits per heavy atom. The number of H-pyrrole nitrogens is 1. The molecule has 4 bridgehead atoms. The van der Waals surface area contributed by atoms with Gasteiger partial charge < -0.3 is 53.7 Å². The lowest BCUT2D eigenvalue weighted by Crippen LogP contribution is -2.55. The lowest BCUT2D eigenvalue weighted by atomic mass is 9.48. The van der Waals surface area contributed by atoms with Crippen LogP contribution in [-0.4, -0.2) is 137 Å². The summed E-state index contributed by atoms with van der Waals surface area (Å²) in [6.45, 7) is 3.49. The number of allylic oxidation sites excluding steroid dienone is 6. The first-order valence-electron chi connectivity index (χ1n) is 37.3. The van der Waals surface area contributed by atoms with Gasteiger partial charge in [-0.3, -0.25) is 19.7 Å². The molecule has 1 saturated heterocycles. The standard InChI is InChI=1S/2C20H18BFN2O4S.C20H22BNO3.C19H20BN3O3/c2*22-13-4-6-15(7-5-13)29(26,27)24-14-8-12(9-14)17-10-21(25)28-19-11-23-18-3-1-2-16(18)20(17)19;23-20-6-11-4-12(7-20)18(13(5-11)8-20)15-9-21(24)25-17-10-22-16-3-1-2-14(16)19(15)17;1-3-4-17(24)23-8-6-12(2)15(11-23)14-9-20(25)26-16-10-22-19-13(18(14)16)5-7-21-19/h2*1-2,4-7,10-12,14,24-25H,3,8-9H2;1-2,9-13,18,23-24H,3-8H2;1,5,7,9-10,12,15,25H,4,6,8,11H2,2H3,(H,21,22). The number of hydrogen-bond donors (Lipinski definition) is 8. The molecule has 9 aliphatic carbocycles. The minimum absolute atomic E-state index is 0.0145. The van der Waals surface area contributed by atoms with Crippen molar-refractivity contribution in [2.75, 3.05) is 13.1 Å². The van der Waals surface area contributed by atoms with E-state index in [1.165, 1.54) is 48.2 Å². The highest BCUT2D eigenvalue weighted by atomic mass is 32.2. The van der Waals surface area contributed by atoms with Gasteiger partial charge in [-0.15, -0.1) is 6.42 Å². The molecule has 7 fully saturated rings. The molecule has 109 heavy (non-hydrogen) atoms. The summed E-state index contributed by atoms with van der Waals surface area (Å²) in [5.74, 6) is 13.8. The fraction of sp³-hybridized carbons (Fsp3) is 0.354. The van der Waals surface area contributed by atoms with E-state index in [0.29, 0.717) is 91.4 Å². The smallest absolute Gasteiger partial charge is 0.531 e. The maximum absolute atomic E-state index is 13.1. The van der Waals surface area contributed by atoms with E-state index < -0.39 is 65.8 Å². The van der Waals surface area contributed by atoms with Gasteiger partial charge in [0.05, 0.1) is 63.7 Å². The van der Waals surface area contributed by atoms with E-state index in [4.69, 9.17) is 25.0 Å². The van der Waals surface area contributed by atoms with Crippen molar-refractivity contribution in [1.29, 1.82) is 0 Å². The Morgan fingerprint density at radius 1 is 0.606 bits per heavy atom. The summed E-state index contributed by atoms with van der Waals surface area (Å²) in [6, 6.07) is 11.1. The summed E-state index contributed by atoms with van der Waals surface area (Å²) in [4.78, 5) is 35.0. The van der Waals surface area contributed by atoms with Crippen molar-refractivity contribution in [3.63, 3.8) is 0 Å². The van der Waals surface area contributed by atoms with Crippen LogP contribution in [0.5, 0.6) is 23.0 Å². The number of aromatic amines is 1. The average Bonchev–Trinajstić information content (AvgIpc) is 1.14. The average molecular weight is 1510 g/mol. The van der Waals surface area contributed by atoms with Crippen LogP contribution in [0.4, 0.5) is 8.78 Å². The Balaban J connectivity index is 0.000000106. The van der Waals surface area contributed by atoms with Gasteiger partial charge in [-0.25, -0.2) is 40.0 Å². The number of carbonyl (C=O) groups excluding carboxylic acids is 1. The molecular formula is C79H78B4F2N8O14S2. The molecule has 22 nitrogen and oxygen atoms in total. The van der Waals surface area contributed by atoms with E-state index in [-0.39, 0.29) is 52.0 Å². The Kier molecular flexibility index (Phi) is 19.2. The van der Waals surface area contributed by atoms with Crippen LogP contribution in [0.3, 0.4) is 0 Å². The highest BCUT2D eigenvalue weighted by Gasteiger charge is 2.57. The first-order chi connectivity index (χ1) is 52.5. The van der Waals surface area contributed by atoms with Gasteiger partial charge in [0.2, 0.25) is 26.0 Å². The molecule has 30 heteroatoms. The van der Waals surface area contributed by atoms with Crippen LogP contribution in [-0.2, 0) is 44.1 Å². The molecule has 0 spiro atoms. The van der Waals surface area contributed by atoms with Gasteiger partial charge in [0, 0.05) is 101 Å². The Bertz CT molecular complexity index is 5160. The summed E-state index contributed by atoms with van der Waals surface area (Å²) in [5, 5.41) is 52.5. The van der Waals surface area contributed by atoms with Crippen LogP contribution < -0.4 is 28.1 Å². The number of sulfonamides is 2. The number of rotatable bonds is 11. The summed E-state index contributed by atoms with van der Waals surface area (Å²) in [5.41, 5.74) is 14.8. The van der Waals surface area contributed by atoms with Gasteiger partial charge >= 0.3 is 28.5 Å². The first-order valence-corrected chi connectivity index (χ1v) is 40.2. The number of piperidine rings is 1. The molecule has 4 atom stereocenters. The number of halogens is 2. The van der Waals surface area contributed by atoms with Gasteiger partial charge in [-0.2, -0.15) is 0 Å². The predicted octanol–water partition coefficient (Wildman–Crippen LogP) is 9.19. The number of aromatic nitrogens is 5. The molecule has 10 heterocycles. The minimum Gasteiger partial charge on any atom is -0.531 e. The molecule has 8 N–H and O–H groups in total. The number of amides is 1. The van der Waals surface area contributed by atoms with Crippen molar-refractivity contribution in [2.24, 2.45) is 47.3 Å². The van der Waals surface area contributed by atoms with E-state index >= 15 is 0 Å². The monoisotopic (exact) mass is 1510 g/mol. The molecule has 5 aromatic heterocycles. The number of fused-ring (bicyclic) bond motifs is 12. The molecule has 5 aliphatic heterocycles. The second kappa shape index (κ2) is 28.9. The zero-order valence-corrected chi connectivity index (χ0v) is 61.2. The molecule has 4 unspecified atom stereocenters. The Morgan fingerprint density at radius 3 is 1.50 bits per heavy atom. The van der Waals surface area contributed by atoms with E-state index in [1.54, 1.807) is 42.7 Å². The lowest BCUT2D eigenvalue weighted by Gasteiger charge is -2.59. The van der Waals surface area contributed by atoms with Gasteiger partial charge in [0.1, 0.15) is 40.3 Å². The molecular weight excluding hydrogens is 1430 g/mol. The molecule has 6 saturated carbocycles. The number of likely N-dealkylation sites (tertiary alicyclic amines) is 1. The van der Waals surface area contributed by atoms with Crippen molar-refractivity contribution >= 4 is 106 Å². The van der Waals surface area contributed by atoms with Gasteiger partial charge in [-0.1, -0.05) is 49.3 Å². The molecule has 7 aromatic rings. The summed E-state index contributed by atoms with van der Waals surface area (Å²) >= 11 is 0. The second-order valence-electron chi connectivity index (χ2n) is 30.8. The van der Waals surface area contributed by atoms with Crippen LogP contribution in [0, 0.1) is 71.3 Å². The number of pyridine rings is 4. The minimum atomic E-state index is -3.70. The first kappa shape index (κ1) is 72.6. The summed E-state index contributed by atoms with van der Waals surface area (Å²) < 4.78 is 104. The van der Waals surface area contributed by atoms with Crippen molar-refractivity contribution in [1.82, 2.24) is 39.3 Å². The number of carbonyl (C=O) groups is 1. The zero-order chi connectivity index (χ0) is 75.4.